The summed E-state index contributed by atoms with van der Waals surface area (Å²) in [5, 5.41) is 13.3. The first-order valence-corrected chi connectivity index (χ1v) is 12.9. The topological polar surface area (TPSA) is 95.2 Å². The van der Waals surface area contributed by atoms with Crippen LogP contribution in [0.15, 0.2) is 60.9 Å². The fourth-order valence-electron chi connectivity index (χ4n) is 4.61. The van der Waals surface area contributed by atoms with Crippen molar-refractivity contribution in [3.8, 4) is 5.75 Å². The molecule has 2 aromatic heterocycles. The third-order valence-corrected chi connectivity index (χ3v) is 7.00. The lowest BCUT2D eigenvalue weighted by Gasteiger charge is -2.29. The third kappa shape index (κ3) is 6.24. The first-order chi connectivity index (χ1) is 19.5. The number of amides is 1. The van der Waals surface area contributed by atoms with Gasteiger partial charge in [-0.05, 0) is 81.4 Å². The maximum atomic E-state index is 14.4. The average Bonchev–Trinajstić information content (AvgIpc) is 3.40. The van der Waals surface area contributed by atoms with Crippen molar-refractivity contribution in [3.63, 3.8) is 0 Å². The van der Waals surface area contributed by atoms with E-state index in [1.165, 1.54) is 12.3 Å². The van der Waals surface area contributed by atoms with Crippen LogP contribution in [0.5, 0.6) is 5.75 Å². The molecule has 3 N–H and O–H groups in total. The molecule has 0 bridgehead atoms. The Morgan fingerprint density at radius 3 is 2.59 bits per heavy atom. The summed E-state index contributed by atoms with van der Waals surface area (Å²) in [6.45, 7) is 1.52. The Labute approximate surface area is 231 Å². The molecule has 2 aromatic carbocycles. The maximum Gasteiger partial charge on any atom is 0.458 e. The molecule has 0 spiro atoms. The van der Waals surface area contributed by atoms with Crippen LogP contribution < -0.4 is 15.4 Å². The molecule has 0 aliphatic carbocycles. The summed E-state index contributed by atoms with van der Waals surface area (Å²) < 4.78 is 74.2. The Balaban J connectivity index is 1.38. The molecule has 1 amide bonds. The number of aromatic nitrogens is 3. The number of aromatic amines is 1. The van der Waals surface area contributed by atoms with E-state index in [1.807, 2.05) is 13.1 Å². The lowest BCUT2D eigenvalue weighted by atomic mass is 9.98. The quantitative estimate of drug-likeness (QED) is 0.213. The van der Waals surface area contributed by atoms with Crippen LogP contribution in [0.3, 0.4) is 0 Å². The van der Waals surface area contributed by atoms with Gasteiger partial charge in [0.2, 0.25) is 0 Å². The second-order valence-corrected chi connectivity index (χ2v) is 9.99. The van der Waals surface area contributed by atoms with Crippen molar-refractivity contribution < 1.29 is 31.5 Å². The molecule has 1 fully saturated rings. The molecule has 8 nitrogen and oxygen atoms in total. The number of nitrogens with one attached hydrogen (secondary N) is 3. The van der Waals surface area contributed by atoms with Gasteiger partial charge in [0.1, 0.15) is 11.6 Å². The van der Waals surface area contributed by atoms with Gasteiger partial charge in [0.05, 0.1) is 29.4 Å². The zero-order chi connectivity index (χ0) is 29.2. The van der Waals surface area contributed by atoms with Crippen molar-refractivity contribution in [1.29, 1.82) is 0 Å². The largest absolute Gasteiger partial charge is 0.493 e. The molecule has 1 aliphatic heterocycles. The van der Waals surface area contributed by atoms with Gasteiger partial charge in [0, 0.05) is 29.0 Å². The molecule has 0 saturated carbocycles. The van der Waals surface area contributed by atoms with Gasteiger partial charge in [-0.25, -0.2) is 4.98 Å². The van der Waals surface area contributed by atoms with Crippen molar-refractivity contribution in [2.45, 2.75) is 24.9 Å². The molecule has 1 saturated heterocycles. The standard InChI is InChI=1S/C28H27F5N6O2/c1-39-11-8-17(9-12-39)16-41-24-14-20(6-7-22(24)27(29,30)28(31,32)33)37-26(40)21-3-2-10-34-25(21)36-19-5-4-18-15-35-38-23(18)13-19/h2-7,10,13-15,17H,8-9,11-12,16H2,1H3,(H,34,36)(H,35,38)(H,37,40). The minimum Gasteiger partial charge on any atom is -0.493 e. The van der Waals surface area contributed by atoms with Crippen LogP contribution in [-0.2, 0) is 5.92 Å². The van der Waals surface area contributed by atoms with Crippen LogP contribution >= 0.6 is 0 Å². The van der Waals surface area contributed by atoms with Crippen LogP contribution in [0.1, 0.15) is 28.8 Å². The number of pyridine rings is 1. The summed E-state index contributed by atoms with van der Waals surface area (Å²) in [5.74, 6) is -6.22. The van der Waals surface area contributed by atoms with Crippen molar-refractivity contribution in [3.05, 3.63) is 72.1 Å². The van der Waals surface area contributed by atoms with Crippen molar-refractivity contribution in [2.75, 3.05) is 37.4 Å². The number of fused-ring (bicyclic) bond motifs is 1. The molecule has 0 radical (unpaired) electrons. The molecule has 0 unspecified atom stereocenters. The highest BCUT2D eigenvalue weighted by Gasteiger charge is 2.60. The highest BCUT2D eigenvalue weighted by atomic mass is 19.4. The molecule has 4 aromatic rings. The van der Waals surface area contributed by atoms with E-state index < -0.39 is 29.3 Å². The fraction of sp³-hybridized carbons (Fsp3) is 0.321. The van der Waals surface area contributed by atoms with E-state index in [-0.39, 0.29) is 29.6 Å². The summed E-state index contributed by atoms with van der Waals surface area (Å²) in [7, 11) is 1.95. The second kappa shape index (κ2) is 11.3. The second-order valence-electron chi connectivity index (χ2n) is 9.99. The maximum absolute atomic E-state index is 14.4. The highest BCUT2D eigenvalue weighted by Crippen LogP contribution is 2.48. The van der Waals surface area contributed by atoms with Crippen molar-refractivity contribution >= 4 is 34.0 Å². The molecule has 1 aliphatic rings. The highest BCUT2D eigenvalue weighted by molar-refractivity contribution is 6.08. The molecule has 3 heterocycles. The van der Waals surface area contributed by atoms with E-state index >= 15 is 0 Å². The normalized spacial score (nSPS) is 15.2. The van der Waals surface area contributed by atoms with Crippen LogP contribution in [0, 0.1) is 5.92 Å². The Hall–Kier alpha value is -4.26. The number of anilines is 3. The summed E-state index contributed by atoms with van der Waals surface area (Å²) in [6, 6.07) is 11.1. The van der Waals surface area contributed by atoms with Gasteiger partial charge in [0.15, 0.2) is 0 Å². The van der Waals surface area contributed by atoms with Gasteiger partial charge in [-0.15, -0.1) is 0 Å². The fourth-order valence-corrected chi connectivity index (χ4v) is 4.61. The SMILES string of the molecule is CN1CCC(COc2cc(NC(=O)c3cccnc3Nc3ccc4cn[nH]c4c3)ccc2C(F)(F)C(F)(F)F)CC1. The number of carbonyl (C=O) groups excluding carboxylic acids is 1. The van der Waals surface area contributed by atoms with E-state index in [0.717, 1.165) is 49.0 Å². The molecular formula is C28H27F5N6O2. The number of carbonyl (C=O) groups is 1. The predicted molar refractivity (Wildman–Crippen MR) is 144 cm³/mol. The molecule has 0 atom stereocenters. The Morgan fingerprint density at radius 1 is 1.07 bits per heavy atom. The van der Waals surface area contributed by atoms with E-state index in [2.05, 4.69) is 30.7 Å². The number of rotatable bonds is 8. The Bertz CT molecular complexity index is 1530. The number of halogens is 5. The molecule has 13 heteroatoms. The first kappa shape index (κ1) is 28.3. The van der Waals surface area contributed by atoms with Crippen molar-refractivity contribution in [2.24, 2.45) is 5.92 Å². The predicted octanol–water partition coefficient (Wildman–Crippen LogP) is 6.33. The van der Waals surface area contributed by atoms with E-state index in [4.69, 9.17) is 4.74 Å². The minimum atomic E-state index is -5.82. The van der Waals surface area contributed by atoms with Gasteiger partial charge in [-0.3, -0.25) is 9.89 Å². The van der Waals surface area contributed by atoms with Crippen LogP contribution in [-0.4, -0.2) is 58.9 Å². The number of H-pyrrole nitrogens is 1. The van der Waals surface area contributed by atoms with E-state index in [0.29, 0.717) is 11.8 Å². The number of nitrogens with zero attached hydrogens (tertiary/aromatic N) is 3. The van der Waals surface area contributed by atoms with Gasteiger partial charge in [-0.2, -0.15) is 27.1 Å². The number of likely N-dealkylation sites (tertiary alicyclic amines) is 1. The van der Waals surface area contributed by atoms with Gasteiger partial charge >= 0.3 is 12.1 Å². The lowest BCUT2D eigenvalue weighted by Crippen LogP contribution is -2.35. The zero-order valence-corrected chi connectivity index (χ0v) is 21.9. The van der Waals surface area contributed by atoms with E-state index in [9.17, 15) is 26.7 Å². The number of hydrogen-bond acceptors (Lipinski definition) is 6. The summed E-state index contributed by atoms with van der Waals surface area (Å²) in [6.07, 6.45) is -1.22. The van der Waals surface area contributed by atoms with Crippen LogP contribution in [0.2, 0.25) is 0 Å². The number of ether oxygens (including phenoxy) is 1. The summed E-state index contributed by atoms with van der Waals surface area (Å²) in [5.41, 5.74) is 0.187. The van der Waals surface area contributed by atoms with E-state index in [1.54, 1.807) is 24.4 Å². The smallest absolute Gasteiger partial charge is 0.458 e. The monoisotopic (exact) mass is 574 g/mol. The number of piperidine rings is 1. The van der Waals surface area contributed by atoms with Gasteiger partial charge < -0.3 is 20.3 Å². The van der Waals surface area contributed by atoms with Gasteiger partial charge in [-0.1, -0.05) is 0 Å². The lowest BCUT2D eigenvalue weighted by molar-refractivity contribution is -0.289. The molecule has 41 heavy (non-hydrogen) atoms. The third-order valence-electron chi connectivity index (χ3n) is 7.00. The zero-order valence-electron chi connectivity index (χ0n) is 21.9. The summed E-state index contributed by atoms with van der Waals surface area (Å²) in [4.78, 5) is 19.5. The minimum absolute atomic E-state index is 0.00168. The summed E-state index contributed by atoms with van der Waals surface area (Å²) >= 11 is 0. The molecule has 5 rings (SSSR count). The molecule has 216 valence electrons. The number of alkyl halides is 5. The Kier molecular flexibility index (Phi) is 7.80. The number of hydrogen-bond donors (Lipinski definition) is 3. The number of benzene rings is 2. The van der Waals surface area contributed by atoms with Gasteiger partial charge in [0.25, 0.3) is 5.91 Å². The van der Waals surface area contributed by atoms with Crippen molar-refractivity contribution in [1.82, 2.24) is 20.1 Å². The van der Waals surface area contributed by atoms with Crippen LogP contribution in [0.25, 0.3) is 10.9 Å². The molecular weight excluding hydrogens is 547 g/mol. The Morgan fingerprint density at radius 2 is 1.83 bits per heavy atom. The average molecular weight is 575 g/mol. The van der Waals surface area contributed by atoms with Crippen LogP contribution in [0.4, 0.5) is 39.1 Å². The first-order valence-electron chi connectivity index (χ1n) is 12.9.